The summed E-state index contributed by atoms with van der Waals surface area (Å²) in [6.45, 7) is 4.38. The Balaban J connectivity index is 1.46. The van der Waals surface area contributed by atoms with Crippen molar-refractivity contribution < 1.29 is 17.9 Å². The predicted molar refractivity (Wildman–Crippen MR) is 120 cm³/mol. The number of carbonyl (C=O) groups is 1. The fourth-order valence-electron chi connectivity index (χ4n) is 4.31. The minimum absolute atomic E-state index is 0.0219. The van der Waals surface area contributed by atoms with Crippen LogP contribution >= 0.6 is 0 Å². The smallest absolute Gasteiger partial charge is 0.247 e. The summed E-state index contributed by atoms with van der Waals surface area (Å²) in [5.74, 6) is -0.0219. The first-order valence-electron chi connectivity index (χ1n) is 10.7. The Morgan fingerprint density at radius 1 is 1.06 bits per heavy atom. The van der Waals surface area contributed by atoms with Gasteiger partial charge in [0.25, 0.3) is 0 Å². The molecule has 2 aliphatic rings. The quantitative estimate of drug-likeness (QED) is 0.670. The lowest BCUT2D eigenvalue weighted by atomic mass is 9.91. The zero-order chi connectivity index (χ0) is 21.8. The van der Waals surface area contributed by atoms with Gasteiger partial charge in [-0.1, -0.05) is 43.3 Å². The molecule has 0 radical (unpaired) electrons. The molecule has 1 fully saturated rings. The molecule has 0 N–H and O–H groups in total. The molecule has 2 aliphatic heterocycles. The zero-order valence-electron chi connectivity index (χ0n) is 17.7. The molecule has 7 heteroatoms. The predicted octanol–water partition coefficient (Wildman–Crippen LogP) is 3.26. The van der Waals surface area contributed by atoms with Crippen LogP contribution in [0.5, 0.6) is 0 Å². The number of sulfonamides is 1. The van der Waals surface area contributed by atoms with Crippen molar-refractivity contribution in [1.82, 2.24) is 9.21 Å². The Morgan fingerprint density at radius 2 is 1.77 bits per heavy atom. The highest BCUT2D eigenvalue weighted by molar-refractivity contribution is 7.89. The van der Waals surface area contributed by atoms with E-state index in [0.717, 1.165) is 18.4 Å². The van der Waals surface area contributed by atoms with Gasteiger partial charge in [-0.2, -0.15) is 4.31 Å². The maximum atomic E-state index is 12.9. The Labute approximate surface area is 184 Å². The van der Waals surface area contributed by atoms with Crippen molar-refractivity contribution in [2.24, 2.45) is 0 Å². The lowest BCUT2D eigenvalue weighted by molar-refractivity contribution is -0.128. The van der Waals surface area contributed by atoms with E-state index >= 15 is 0 Å². The maximum Gasteiger partial charge on any atom is 0.247 e. The van der Waals surface area contributed by atoms with E-state index in [-0.39, 0.29) is 16.8 Å². The van der Waals surface area contributed by atoms with Gasteiger partial charge in [-0.15, -0.1) is 0 Å². The fourth-order valence-corrected chi connectivity index (χ4v) is 5.71. The molecule has 4 rings (SSSR count). The van der Waals surface area contributed by atoms with Crippen LogP contribution in [-0.4, -0.2) is 56.4 Å². The summed E-state index contributed by atoms with van der Waals surface area (Å²) in [5, 5.41) is 0. The number of nitrogens with zero attached hydrogens (tertiary/aromatic N) is 2. The molecule has 31 heavy (non-hydrogen) atoms. The molecule has 0 bridgehead atoms. The van der Waals surface area contributed by atoms with Crippen LogP contribution in [0.1, 0.15) is 36.1 Å². The minimum atomic E-state index is -3.51. The summed E-state index contributed by atoms with van der Waals surface area (Å²) in [4.78, 5) is 15.1. The van der Waals surface area contributed by atoms with Gasteiger partial charge in [-0.25, -0.2) is 8.42 Å². The Kier molecular flexibility index (Phi) is 6.55. The summed E-state index contributed by atoms with van der Waals surface area (Å²) in [6, 6.07) is 15.1. The molecule has 1 amide bonds. The van der Waals surface area contributed by atoms with Crippen molar-refractivity contribution >= 4 is 22.0 Å². The molecule has 2 aromatic rings. The second kappa shape index (κ2) is 9.34. The molecule has 1 unspecified atom stereocenters. The summed E-state index contributed by atoms with van der Waals surface area (Å²) in [6.07, 6.45) is 5.06. The third-order valence-electron chi connectivity index (χ3n) is 5.99. The number of fused-ring (bicyclic) bond motifs is 1. The molecule has 2 heterocycles. The van der Waals surface area contributed by atoms with Crippen LogP contribution in [-0.2, 0) is 26.0 Å². The van der Waals surface area contributed by atoms with E-state index in [2.05, 4.69) is 19.1 Å². The molecule has 0 saturated carbocycles. The van der Waals surface area contributed by atoms with E-state index in [1.807, 2.05) is 17.0 Å². The van der Waals surface area contributed by atoms with Crippen molar-refractivity contribution in [3.8, 4) is 0 Å². The first-order valence-corrected chi connectivity index (χ1v) is 12.2. The average molecular weight is 441 g/mol. The monoisotopic (exact) mass is 440 g/mol. The number of rotatable bonds is 5. The molecule has 6 nitrogen and oxygen atoms in total. The van der Waals surface area contributed by atoms with Gasteiger partial charge >= 0.3 is 0 Å². The standard InChI is InChI=1S/C24H28N2O4S/c1-2-23-22-6-4-3-5-20(22)13-14-26(23)24(27)12-9-19-7-10-21(11-8-19)31(28,29)25-15-17-30-18-16-25/h3-12,23H,2,13-18H2,1H3/b12-9+. The largest absolute Gasteiger partial charge is 0.379 e. The SMILES string of the molecule is CCC1c2ccccc2CCN1C(=O)/C=C/c1ccc(S(=O)(=O)N2CCOCC2)cc1. The van der Waals surface area contributed by atoms with Gasteiger partial charge in [-0.05, 0) is 47.7 Å². The molecule has 0 spiro atoms. The Hall–Kier alpha value is -2.48. The van der Waals surface area contributed by atoms with Gasteiger partial charge in [0.05, 0.1) is 24.2 Å². The molecule has 2 aromatic carbocycles. The van der Waals surface area contributed by atoms with Gasteiger partial charge in [0.15, 0.2) is 0 Å². The van der Waals surface area contributed by atoms with Gasteiger partial charge in [0, 0.05) is 25.7 Å². The van der Waals surface area contributed by atoms with E-state index in [4.69, 9.17) is 4.74 Å². The Bertz CT molecular complexity index is 1060. The average Bonchev–Trinajstić information content (AvgIpc) is 2.82. The van der Waals surface area contributed by atoms with Gasteiger partial charge in [-0.3, -0.25) is 4.79 Å². The summed E-state index contributed by atoms with van der Waals surface area (Å²) < 4.78 is 32.2. The fraction of sp³-hybridized carbons (Fsp3) is 0.375. The van der Waals surface area contributed by atoms with Crippen LogP contribution in [0.2, 0.25) is 0 Å². The number of morpholine rings is 1. The van der Waals surface area contributed by atoms with Crippen LogP contribution in [0, 0.1) is 0 Å². The van der Waals surface area contributed by atoms with Crippen LogP contribution in [0.25, 0.3) is 6.08 Å². The first kappa shape index (κ1) is 21.7. The molecular weight excluding hydrogens is 412 g/mol. The molecule has 1 atom stereocenters. The van der Waals surface area contributed by atoms with E-state index in [9.17, 15) is 13.2 Å². The van der Waals surface area contributed by atoms with Gasteiger partial charge in [0.2, 0.25) is 15.9 Å². The van der Waals surface area contributed by atoms with Gasteiger partial charge in [0.1, 0.15) is 0 Å². The topological polar surface area (TPSA) is 66.9 Å². The van der Waals surface area contributed by atoms with Crippen molar-refractivity contribution in [2.45, 2.75) is 30.7 Å². The van der Waals surface area contributed by atoms with Gasteiger partial charge < -0.3 is 9.64 Å². The van der Waals surface area contributed by atoms with Crippen LogP contribution in [0.4, 0.5) is 0 Å². The van der Waals surface area contributed by atoms with E-state index in [1.165, 1.54) is 15.4 Å². The van der Waals surface area contributed by atoms with Crippen molar-refractivity contribution in [2.75, 3.05) is 32.8 Å². The second-order valence-electron chi connectivity index (χ2n) is 7.82. The first-order chi connectivity index (χ1) is 15.0. The molecule has 0 aliphatic carbocycles. The number of benzene rings is 2. The molecule has 1 saturated heterocycles. The van der Waals surface area contributed by atoms with Crippen LogP contribution in [0.15, 0.2) is 59.5 Å². The summed E-state index contributed by atoms with van der Waals surface area (Å²) in [5.41, 5.74) is 3.34. The van der Waals surface area contributed by atoms with E-state index in [1.54, 1.807) is 36.4 Å². The lowest BCUT2D eigenvalue weighted by Gasteiger charge is -2.36. The number of amides is 1. The van der Waals surface area contributed by atoms with E-state index in [0.29, 0.717) is 32.8 Å². The maximum absolute atomic E-state index is 12.9. The summed E-state index contributed by atoms with van der Waals surface area (Å²) >= 11 is 0. The number of carbonyl (C=O) groups excluding carboxylic acids is 1. The third-order valence-corrected chi connectivity index (χ3v) is 7.90. The molecular formula is C24H28N2O4S. The number of ether oxygens (including phenoxy) is 1. The van der Waals surface area contributed by atoms with Crippen LogP contribution < -0.4 is 0 Å². The minimum Gasteiger partial charge on any atom is -0.379 e. The van der Waals surface area contributed by atoms with Crippen LogP contribution in [0.3, 0.4) is 0 Å². The third kappa shape index (κ3) is 4.59. The number of hydrogen-bond donors (Lipinski definition) is 0. The zero-order valence-corrected chi connectivity index (χ0v) is 18.6. The van der Waals surface area contributed by atoms with E-state index < -0.39 is 10.0 Å². The summed E-state index contributed by atoms with van der Waals surface area (Å²) in [7, 11) is -3.51. The highest BCUT2D eigenvalue weighted by Crippen LogP contribution is 2.32. The molecule has 0 aromatic heterocycles. The highest BCUT2D eigenvalue weighted by atomic mass is 32.2. The second-order valence-corrected chi connectivity index (χ2v) is 9.76. The normalized spacial score (nSPS) is 20.0. The highest BCUT2D eigenvalue weighted by Gasteiger charge is 2.28. The Morgan fingerprint density at radius 3 is 2.48 bits per heavy atom. The number of hydrogen-bond acceptors (Lipinski definition) is 4. The lowest BCUT2D eigenvalue weighted by Crippen LogP contribution is -2.40. The van der Waals surface area contributed by atoms with Crippen molar-refractivity contribution in [3.05, 3.63) is 71.3 Å². The molecule has 164 valence electrons. The van der Waals surface area contributed by atoms with Crippen molar-refractivity contribution in [3.63, 3.8) is 0 Å². The van der Waals surface area contributed by atoms with Crippen molar-refractivity contribution in [1.29, 1.82) is 0 Å².